The van der Waals surface area contributed by atoms with Gasteiger partial charge in [-0.25, -0.2) is 4.98 Å². The first kappa shape index (κ1) is 12.3. The highest BCUT2D eigenvalue weighted by Crippen LogP contribution is 2.24. The Morgan fingerprint density at radius 1 is 1.20 bits per heavy atom. The van der Waals surface area contributed by atoms with E-state index in [-0.39, 0.29) is 0 Å². The SMILES string of the molecule is Cc1nc(CC(C)(C)C)n(C(C)C)c1C. The summed E-state index contributed by atoms with van der Waals surface area (Å²) in [6.07, 6.45) is 1.04. The van der Waals surface area contributed by atoms with E-state index in [9.17, 15) is 0 Å². The number of imidazole rings is 1. The van der Waals surface area contributed by atoms with Gasteiger partial charge in [0, 0.05) is 18.2 Å². The van der Waals surface area contributed by atoms with E-state index < -0.39 is 0 Å². The Bertz CT molecular complexity index is 340. The fourth-order valence-electron chi connectivity index (χ4n) is 1.98. The van der Waals surface area contributed by atoms with Gasteiger partial charge in [0.25, 0.3) is 0 Å². The van der Waals surface area contributed by atoms with Crippen molar-refractivity contribution in [1.29, 1.82) is 0 Å². The monoisotopic (exact) mass is 208 g/mol. The van der Waals surface area contributed by atoms with Crippen LogP contribution in [0.1, 0.15) is 57.9 Å². The summed E-state index contributed by atoms with van der Waals surface area (Å²) in [7, 11) is 0. The largest absolute Gasteiger partial charge is 0.330 e. The van der Waals surface area contributed by atoms with Crippen LogP contribution in [0.25, 0.3) is 0 Å². The third kappa shape index (κ3) is 2.83. The zero-order valence-electron chi connectivity index (χ0n) is 11.2. The maximum absolute atomic E-state index is 4.68. The Labute approximate surface area is 93.7 Å². The summed E-state index contributed by atoms with van der Waals surface area (Å²) in [5.74, 6) is 1.23. The molecule has 0 fully saturated rings. The molecule has 0 spiro atoms. The van der Waals surface area contributed by atoms with Crippen LogP contribution < -0.4 is 0 Å². The van der Waals surface area contributed by atoms with Gasteiger partial charge in [-0.05, 0) is 33.1 Å². The second kappa shape index (κ2) is 3.99. The summed E-state index contributed by atoms with van der Waals surface area (Å²) < 4.78 is 2.36. The predicted molar refractivity (Wildman–Crippen MR) is 65.2 cm³/mol. The summed E-state index contributed by atoms with van der Waals surface area (Å²) in [5.41, 5.74) is 2.78. The van der Waals surface area contributed by atoms with Crippen molar-refractivity contribution in [2.45, 2.75) is 60.9 Å². The van der Waals surface area contributed by atoms with Gasteiger partial charge in [-0.3, -0.25) is 0 Å². The summed E-state index contributed by atoms with van der Waals surface area (Å²) in [6, 6.07) is 0.503. The first-order chi connectivity index (χ1) is 6.72. The Balaban J connectivity index is 3.13. The van der Waals surface area contributed by atoms with E-state index in [4.69, 9.17) is 0 Å². The van der Waals surface area contributed by atoms with Crippen LogP contribution in [0.15, 0.2) is 0 Å². The van der Waals surface area contributed by atoms with Gasteiger partial charge >= 0.3 is 0 Å². The van der Waals surface area contributed by atoms with Crippen molar-refractivity contribution < 1.29 is 0 Å². The molecular weight excluding hydrogens is 184 g/mol. The summed E-state index contributed by atoms with van der Waals surface area (Å²) in [4.78, 5) is 4.68. The average molecular weight is 208 g/mol. The lowest BCUT2D eigenvalue weighted by Crippen LogP contribution is -2.16. The number of hydrogen-bond acceptors (Lipinski definition) is 1. The second-order valence-electron chi connectivity index (χ2n) is 5.90. The molecule has 86 valence electrons. The van der Waals surface area contributed by atoms with Crippen LogP contribution in [-0.4, -0.2) is 9.55 Å². The van der Waals surface area contributed by atoms with E-state index in [2.05, 4.69) is 58.0 Å². The molecule has 0 N–H and O–H groups in total. The molecule has 0 amide bonds. The average Bonchev–Trinajstić information content (AvgIpc) is 2.23. The van der Waals surface area contributed by atoms with Crippen LogP contribution >= 0.6 is 0 Å². The molecule has 1 aromatic heterocycles. The Morgan fingerprint density at radius 2 is 1.73 bits per heavy atom. The van der Waals surface area contributed by atoms with Crippen molar-refractivity contribution in [2.75, 3.05) is 0 Å². The van der Waals surface area contributed by atoms with Crippen LogP contribution in [0.4, 0.5) is 0 Å². The smallest absolute Gasteiger partial charge is 0.109 e. The fraction of sp³-hybridized carbons (Fsp3) is 0.769. The quantitative estimate of drug-likeness (QED) is 0.725. The molecule has 1 rings (SSSR count). The van der Waals surface area contributed by atoms with Crippen LogP contribution in [0.3, 0.4) is 0 Å². The summed E-state index contributed by atoms with van der Waals surface area (Å²) in [5, 5.41) is 0. The van der Waals surface area contributed by atoms with Crippen molar-refractivity contribution >= 4 is 0 Å². The molecule has 0 bridgehead atoms. The van der Waals surface area contributed by atoms with Gasteiger partial charge in [0.15, 0.2) is 0 Å². The van der Waals surface area contributed by atoms with Gasteiger partial charge in [-0.15, -0.1) is 0 Å². The Kier molecular flexibility index (Phi) is 3.27. The maximum atomic E-state index is 4.68. The van der Waals surface area contributed by atoms with Crippen LogP contribution in [0, 0.1) is 19.3 Å². The standard InChI is InChI=1S/C13H24N2/c1-9(2)15-11(4)10(3)14-12(15)8-13(5,6)7/h9H,8H2,1-7H3. The van der Waals surface area contributed by atoms with Gasteiger partial charge in [-0.1, -0.05) is 20.8 Å². The van der Waals surface area contributed by atoms with Gasteiger partial charge in [-0.2, -0.15) is 0 Å². The van der Waals surface area contributed by atoms with Crippen molar-refractivity contribution in [2.24, 2.45) is 5.41 Å². The van der Waals surface area contributed by atoms with Crippen molar-refractivity contribution in [3.05, 3.63) is 17.2 Å². The molecule has 1 heterocycles. The maximum Gasteiger partial charge on any atom is 0.109 e. The number of aromatic nitrogens is 2. The molecular formula is C13H24N2. The molecule has 0 saturated heterocycles. The lowest BCUT2D eigenvalue weighted by molar-refractivity contribution is 0.385. The molecule has 0 aliphatic heterocycles. The van der Waals surface area contributed by atoms with Crippen LogP contribution in [0.2, 0.25) is 0 Å². The molecule has 0 unspecified atom stereocenters. The second-order valence-corrected chi connectivity index (χ2v) is 5.90. The van der Waals surface area contributed by atoms with E-state index >= 15 is 0 Å². The minimum Gasteiger partial charge on any atom is -0.330 e. The van der Waals surface area contributed by atoms with Gasteiger partial charge in [0.2, 0.25) is 0 Å². The molecule has 1 aromatic rings. The third-order valence-corrected chi connectivity index (χ3v) is 2.66. The number of rotatable bonds is 2. The third-order valence-electron chi connectivity index (χ3n) is 2.66. The van der Waals surface area contributed by atoms with Gasteiger partial charge in [0.05, 0.1) is 5.69 Å². The molecule has 2 nitrogen and oxygen atoms in total. The van der Waals surface area contributed by atoms with Gasteiger partial charge < -0.3 is 4.57 Å². The Morgan fingerprint density at radius 3 is 2.13 bits per heavy atom. The lowest BCUT2D eigenvalue weighted by atomic mass is 9.92. The molecule has 0 aliphatic carbocycles. The van der Waals surface area contributed by atoms with E-state index in [1.807, 2.05) is 0 Å². The predicted octanol–water partition coefficient (Wildman–Crippen LogP) is 3.67. The fourth-order valence-corrected chi connectivity index (χ4v) is 1.98. The van der Waals surface area contributed by atoms with E-state index in [1.54, 1.807) is 0 Å². The molecule has 2 heteroatoms. The van der Waals surface area contributed by atoms with Crippen molar-refractivity contribution in [3.8, 4) is 0 Å². The number of hydrogen-bond donors (Lipinski definition) is 0. The zero-order chi connectivity index (χ0) is 11.8. The summed E-state index contributed by atoms with van der Waals surface area (Å²) >= 11 is 0. The first-order valence-corrected chi connectivity index (χ1v) is 5.76. The van der Waals surface area contributed by atoms with E-state index in [1.165, 1.54) is 17.2 Å². The highest BCUT2D eigenvalue weighted by Gasteiger charge is 2.19. The van der Waals surface area contributed by atoms with E-state index in [0.717, 1.165) is 6.42 Å². The van der Waals surface area contributed by atoms with Crippen LogP contribution in [0.5, 0.6) is 0 Å². The molecule has 0 aromatic carbocycles. The topological polar surface area (TPSA) is 17.8 Å². The molecule has 15 heavy (non-hydrogen) atoms. The lowest BCUT2D eigenvalue weighted by Gasteiger charge is -2.21. The normalized spacial score (nSPS) is 12.5. The van der Waals surface area contributed by atoms with Crippen molar-refractivity contribution in [3.63, 3.8) is 0 Å². The molecule has 0 atom stereocenters. The summed E-state index contributed by atoms with van der Waals surface area (Å²) in [6.45, 7) is 15.5. The van der Waals surface area contributed by atoms with Crippen molar-refractivity contribution in [1.82, 2.24) is 9.55 Å². The Hall–Kier alpha value is -0.790. The minimum atomic E-state index is 0.302. The minimum absolute atomic E-state index is 0.302. The number of nitrogens with zero attached hydrogens (tertiary/aromatic N) is 2. The van der Waals surface area contributed by atoms with E-state index in [0.29, 0.717) is 11.5 Å². The highest BCUT2D eigenvalue weighted by atomic mass is 15.1. The number of aryl methyl sites for hydroxylation is 1. The van der Waals surface area contributed by atoms with Crippen LogP contribution in [-0.2, 0) is 6.42 Å². The molecule has 0 saturated carbocycles. The first-order valence-electron chi connectivity index (χ1n) is 5.76. The van der Waals surface area contributed by atoms with Gasteiger partial charge in [0.1, 0.15) is 5.82 Å². The highest BCUT2D eigenvalue weighted by molar-refractivity contribution is 5.16. The molecule has 0 aliphatic rings. The zero-order valence-corrected chi connectivity index (χ0v) is 11.2. The molecule has 0 radical (unpaired) electrons.